The molecule has 10 rings (SSSR count). The van der Waals surface area contributed by atoms with E-state index in [0.717, 1.165) is 0 Å². The van der Waals surface area contributed by atoms with Crippen LogP contribution >= 0.6 is 0 Å². The van der Waals surface area contributed by atoms with Crippen LogP contribution in [0.3, 0.4) is 0 Å². The molecule has 0 radical (unpaired) electrons. The highest BCUT2D eigenvalue weighted by molar-refractivity contribution is 5.92. The van der Waals surface area contributed by atoms with Crippen LogP contribution in [0.1, 0.15) is 69.2 Å². The third-order valence-electron chi connectivity index (χ3n) is 12.9. The molecule has 0 unspecified atom stereocenters. The highest BCUT2D eigenvalue weighted by Crippen LogP contribution is 2.40. The van der Waals surface area contributed by atoms with Crippen LogP contribution in [-0.4, -0.2) is 104 Å². The summed E-state index contributed by atoms with van der Waals surface area (Å²) in [6.07, 6.45) is -16.1. The molecule has 0 aliphatic carbocycles. The second kappa shape index (κ2) is 25.0. The molecule has 3 saturated heterocycles. The van der Waals surface area contributed by atoms with Crippen LogP contribution in [0, 0.1) is 0 Å². The quantitative estimate of drug-likeness (QED) is 0.0621. The third kappa shape index (κ3) is 12.8. The van der Waals surface area contributed by atoms with Crippen LogP contribution in [0.15, 0.2) is 212 Å². The first-order valence-electron chi connectivity index (χ1n) is 25.0. The molecule has 0 spiro atoms. The predicted molar refractivity (Wildman–Crippen MR) is 273 cm³/mol. The Hall–Kier alpha value is -8.35. The van der Waals surface area contributed by atoms with Crippen molar-refractivity contribution in [3.8, 4) is 0 Å². The lowest BCUT2D eigenvalue weighted by molar-refractivity contribution is -0.383. The Balaban J connectivity index is 1.09. The largest absolute Gasteiger partial charge is 0.459 e. The van der Waals surface area contributed by atoms with Crippen LogP contribution in [0.4, 0.5) is 0 Å². The maximum atomic E-state index is 14.5. The molecule has 3 aliphatic rings. The number of carbonyl (C=O) groups is 5. The first-order valence-corrected chi connectivity index (χ1v) is 25.0. The molecule has 0 saturated carbocycles. The minimum atomic E-state index is -1.76. The zero-order valence-corrected chi connectivity index (χ0v) is 41.2. The second-order valence-corrected chi connectivity index (χ2v) is 18.1. The molecule has 3 fully saturated rings. The molecule has 392 valence electrons. The fourth-order valence-electron chi connectivity index (χ4n) is 9.05. The van der Waals surface area contributed by atoms with Gasteiger partial charge in [0.25, 0.3) is 0 Å². The normalized spacial score (nSPS) is 24.7. The first-order chi connectivity index (χ1) is 37.8. The minimum Gasteiger partial charge on any atom is -0.459 e. The lowest BCUT2D eigenvalue weighted by Crippen LogP contribution is -2.68. The highest BCUT2D eigenvalue weighted by atomic mass is 16.8. The van der Waals surface area contributed by atoms with Gasteiger partial charge in [-0.1, -0.05) is 152 Å². The smallest absolute Gasteiger partial charge is 0.338 e. The van der Waals surface area contributed by atoms with E-state index in [1.807, 2.05) is 48.5 Å². The van der Waals surface area contributed by atoms with Crippen molar-refractivity contribution in [2.75, 3.05) is 13.2 Å². The van der Waals surface area contributed by atoms with E-state index in [9.17, 15) is 24.0 Å². The summed E-state index contributed by atoms with van der Waals surface area (Å²) in [5, 5.41) is 0. The third-order valence-corrected chi connectivity index (χ3v) is 12.9. The summed E-state index contributed by atoms with van der Waals surface area (Å²) in [4.78, 5) is 71.3. The summed E-state index contributed by atoms with van der Waals surface area (Å²) in [6, 6.07) is 58.9. The van der Waals surface area contributed by atoms with Crippen LogP contribution in [0.25, 0.3) is 0 Å². The molecule has 16 heteroatoms. The van der Waals surface area contributed by atoms with Crippen molar-refractivity contribution in [3.63, 3.8) is 0 Å². The molecule has 0 N–H and O–H groups in total. The van der Waals surface area contributed by atoms with Crippen molar-refractivity contribution in [2.45, 2.75) is 74.3 Å². The molecule has 16 nitrogen and oxygen atoms in total. The summed E-state index contributed by atoms with van der Waals surface area (Å²) in [7, 11) is 0. The average Bonchev–Trinajstić information content (AvgIpc) is 3.51. The molecule has 77 heavy (non-hydrogen) atoms. The van der Waals surface area contributed by atoms with Gasteiger partial charge in [0, 0.05) is 5.56 Å². The van der Waals surface area contributed by atoms with Gasteiger partial charge in [-0.3, -0.25) is 0 Å². The molecule has 0 aromatic heterocycles. The average molecular weight is 1040 g/mol. The minimum absolute atomic E-state index is 0.0863. The van der Waals surface area contributed by atoms with E-state index < -0.39 is 104 Å². The van der Waals surface area contributed by atoms with Crippen LogP contribution < -0.4 is 0 Å². The molecule has 3 heterocycles. The number of hydrogen-bond acceptors (Lipinski definition) is 16. The maximum Gasteiger partial charge on any atom is 0.338 e. The van der Waals surface area contributed by atoms with E-state index in [0.29, 0.717) is 11.1 Å². The summed E-state index contributed by atoms with van der Waals surface area (Å²) < 4.78 is 71.3. The van der Waals surface area contributed by atoms with Crippen LogP contribution in [-0.2, 0) is 58.7 Å². The molecule has 0 bridgehead atoms. The fourth-order valence-corrected chi connectivity index (χ4v) is 9.05. The van der Waals surface area contributed by atoms with Gasteiger partial charge in [0.05, 0.1) is 41.0 Å². The van der Waals surface area contributed by atoms with Crippen molar-refractivity contribution >= 4 is 29.8 Å². The Kier molecular flexibility index (Phi) is 16.9. The van der Waals surface area contributed by atoms with E-state index >= 15 is 0 Å². The number of carbonyl (C=O) groups excluding carboxylic acids is 5. The topological polar surface area (TPSA) is 187 Å². The van der Waals surface area contributed by atoms with Gasteiger partial charge in [-0.25, -0.2) is 24.0 Å². The van der Waals surface area contributed by atoms with E-state index in [2.05, 4.69) is 0 Å². The van der Waals surface area contributed by atoms with Gasteiger partial charge in [-0.2, -0.15) is 0 Å². The molecular formula is C61H52O16. The summed E-state index contributed by atoms with van der Waals surface area (Å²) in [5.41, 5.74) is 2.12. The number of hydrogen-bond donors (Lipinski definition) is 0. The van der Waals surface area contributed by atoms with Crippen molar-refractivity contribution in [1.82, 2.24) is 0 Å². The van der Waals surface area contributed by atoms with Gasteiger partial charge in [0.2, 0.25) is 0 Å². The van der Waals surface area contributed by atoms with Crippen LogP contribution in [0.5, 0.6) is 0 Å². The van der Waals surface area contributed by atoms with Gasteiger partial charge >= 0.3 is 29.8 Å². The molecule has 3 aliphatic heterocycles. The summed E-state index contributed by atoms with van der Waals surface area (Å²) >= 11 is 0. The van der Waals surface area contributed by atoms with Gasteiger partial charge < -0.3 is 52.1 Å². The maximum absolute atomic E-state index is 14.5. The van der Waals surface area contributed by atoms with E-state index in [4.69, 9.17) is 52.1 Å². The molecule has 7 aromatic rings. The Morgan fingerprint density at radius 3 is 1.29 bits per heavy atom. The van der Waals surface area contributed by atoms with E-state index in [1.54, 1.807) is 152 Å². The number of benzene rings is 7. The van der Waals surface area contributed by atoms with Gasteiger partial charge in [-0.05, 0) is 66.2 Å². The molecule has 11 atom stereocenters. The first kappa shape index (κ1) is 52.1. The SMILES string of the molecule is O=C(OC[C@H]1O[C@@H](OCc2ccccc2)[C@@H](OC(=O)c2ccccc2)[C@@H](OC(=O)c2ccccc2)[C@@H]1O[C@@H]1O[C@@H]2CO[C@@H](c3ccccc3)O[C@H]2[C@H](OC(=O)c2ccccc2)[C@@H]1OC(=O)c1ccccc1)c1ccccc1. The second-order valence-electron chi connectivity index (χ2n) is 18.1. The lowest BCUT2D eigenvalue weighted by atomic mass is 9.95. The fraction of sp³-hybridized carbons (Fsp3) is 0.230. The number of esters is 5. The lowest BCUT2D eigenvalue weighted by Gasteiger charge is -2.50. The number of fused-ring (bicyclic) bond motifs is 1. The van der Waals surface area contributed by atoms with Crippen molar-refractivity contribution in [2.24, 2.45) is 0 Å². The van der Waals surface area contributed by atoms with Crippen LogP contribution in [0.2, 0.25) is 0 Å². The van der Waals surface area contributed by atoms with Gasteiger partial charge in [0.1, 0.15) is 31.0 Å². The molecule has 7 aromatic carbocycles. The number of ether oxygens (including phenoxy) is 11. The van der Waals surface area contributed by atoms with Crippen molar-refractivity contribution in [3.05, 3.63) is 251 Å². The molecular weight excluding hydrogens is 989 g/mol. The Bertz CT molecular complexity index is 3040. The Morgan fingerprint density at radius 1 is 0.403 bits per heavy atom. The van der Waals surface area contributed by atoms with E-state index in [-0.39, 0.29) is 41.0 Å². The van der Waals surface area contributed by atoms with Crippen molar-refractivity contribution < 1.29 is 76.1 Å². The van der Waals surface area contributed by atoms with Gasteiger partial charge in [-0.15, -0.1) is 0 Å². The molecule has 0 amide bonds. The Morgan fingerprint density at radius 2 is 0.805 bits per heavy atom. The predicted octanol–water partition coefficient (Wildman–Crippen LogP) is 8.91. The highest BCUT2D eigenvalue weighted by Gasteiger charge is 2.59. The zero-order valence-electron chi connectivity index (χ0n) is 41.2. The van der Waals surface area contributed by atoms with Gasteiger partial charge in [0.15, 0.2) is 43.3 Å². The number of rotatable bonds is 17. The zero-order chi connectivity index (χ0) is 52.9. The Labute approximate surface area is 443 Å². The summed E-state index contributed by atoms with van der Waals surface area (Å²) in [5.74, 6) is -4.11. The standard InChI is InChI=1S/C61H52O16/c62-54(40-24-10-2-11-25-40)67-37-46-49(50(72-55(63)41-26-12-3-13-27-41)52(74-57(65)43-30-16-5-17-31-43)60(70-46)68-36-39-22-8-1-9-23-39)77-61-53(75-58(66)44-32-18-6-19-33-44)51(73-56(64)42-28-14-4-15-29-42)48-47(71-61)38-69-59(76-48)45-34-20-7-21-35-45/h1-35,46-53,59-61H,36-38H2/t46-,47-,48-,49-,50+,51+,52+,53+,59-,60-,61+/m1/s1. The monoisotopic (exact) mass is 1040 g/mol. The van der Waals surface area contributed by atoms with E-state index in [1.165, 1.54) is 12.1 Å². The van der Waals surface area contributed by atoms with Crippen molar-refractivity contribution in [1.29, 1.82) is 0 Å². The summed E-state index contributed by atoms with van der Waals surface area (Å²) in [6.45, 7) is -0.814.